The number of hydrogen-bond donors (Lipinski definition) is 1. The van der Waals surface area contributed by atoms with Gasteiger partial charge in [0.15, 0.2) is 0 Å². The number of nitrogens with one attached hydrogen (secondary N) is 1. The molecule has 7 nitrogen and oxygen atoms in total. The van der Waals surface area contributed by atoms with Crippen LogP contribution in [-0.4, -0.2) is 15.5 Å². The maximum Gasteiger partial charge on any atom is 0.441 e. The quantitative estimate of drug-likeness (QED) is 0.584. The highest BCUT2D eigenvalue weighted by molar-refractivity contribution is 5.54. The van der Waals surface area contributed by atoms with E-state index < -0.39 is 5.63 Å². The molecule has 0 unspecified atom stereocenters. The molecule has 112 valence electrons. The lowest BCUT2D eigenvalue weighted by Crippen LogP contribution is -2.36. The zero-order valence-electron chi connectivity index (χ0n) is 11.8. The van der Waals surface area contributed by atoms with Gasteiger partial charge >= 0.3 is 17.2 Å². The van der Waals surface area contributed by atoms with E-state index in [0.717, 1.165) is 5.56 Å². The van der Waals surface area contributed by atoms with Crippen molar-refractivity contribution in [1.29, 1.82) is 0 Å². The number of aromatic nitrogens is 4. The summed E-state index contributed by atoms with van der Waals surface area (Å²) in [6.45, 7) is 0. The van der Waals surface area contributed by atoms with Gasteiger partial charge in [0.05, 0.1) is 0 Å². The number of nitrogens with zero attached hydrogens (tertiary/aromatic N) is 3. The number of hydrogen-bond acceptors (Lipinski definition) is 5. The van der Waals surface area contributed by atoms with Crippen molar-refractivity contribution < 1.29 is 13.6 Å². The zero-order valence-corrected chi connectivity index (χ0v) is 11.8. The van der Waals surface area contributed by atoms with E-state index in [-0.39, 0.29) is 11.6 Å². The van der Waals surface area contributed by atoms with Gasteiger partial charge in [-0.3, -0.25) is 4.52 Å². The van der Waals surface area contributed by atoms with Crippen LogP contribution in [0.25, 0.3) is 28.7 Å². The van der Waals surface area contributed by atoms with Crippen molar-refractivity contribution in [3.63, 3.8) is 0 Å². The van der Waals surface area contributed by atoms with E-state index in [9.17, 15) is 4.79 Å². The standard InChI is InChI=1S/C16H10N4O3/c21-16-13(20(19-23-16)12-9-5-2-6-10-12)15-18-17-14(22-15)11-7-3-1-4-8-11/h1-10H/p+1. The molecule has 7 heteroatoms. The van der Waals surface area contributed by atoms with Crippen LogP contribution in [0.1, 0.15) is 0 Å². The lowest BCUT2D eigenvalue weighted by molar-refractivity contribution is -0.660. The summed E-state index contributed by atoms with van der Waals surface area (Å²) >= 11 is 0. The Kier molecular flexibility index (Phi) is 3.09. The first-order valence-corrected chi connectivity index (χ1v) is 6.91. The fraction of sp³-hybridized carbons (Fsp3) is 0. The van der Waals surface area contributed by atoms with Gasteiger partial charge in [0.1, 0.15) is 0 Å². The van der Waals surface area contributed by atoms with Gasteiger partial charge in [-0.05, 0) is 22.1 Å². The summed E-state index contributed by atoms with van der Waals surface area (Å²) in [6, 6.07) is 18.5. The van der Waals surface area contributed by atoms with E-state index in [4.69, 9.17) is 8.94 Å². The van der Waals surface area contributed by atoms with E-state index in [1.807, 2.05) is 60.7 Å². The van der Waals surface area contributed by atoms with Crippen LogP contribution in [0.4, 0.5) is 0 Å². The van der Waals surface area contributed by atoms with Crippen LogP contribution in [-0.2, 0) is 0 Å². The van der Waals surface area contributed by atoms with Crippen molar-refractivity contribution in [1.82, 2.24) is 15.5 Å². The molecule has 2 heterocycles. The van der Waals surface area contributed by atoms with Crippen molar-refractivity contribution in [3.05, 3.63) is 71.1 Å². The molecule has 0 aliphatic carbocycles. The van der Waals surface area contributed by atoms with E-state index >= 15 is 0 Å². The van der Waals surface area contributed by atoms with Gasteiger partial charge in [0, 0.05) is 17.7 Å². The number of H-pyrrole nitrogens is 1. The second-order valence-corrected chi connectivity index (χ2v) is 4.78. The summed E-state index contributed by atoms with van der Waals surface area (Å²) in [4.78, 5) is 12.0. The number of aromatic amines is 1. The highest BCUT2D eigenvalue weighted by Crippen LogP contribution is 2.20. The van der Waals surface area contributed by atoms with E-state index in [2.05, 4.69) is 15.5 Å². The summed E-state index contributed by atoms with van der Waals surface area (Å²) < 4.78 is 12.0. The molecule has 23 heavy (non-hydrogen) atoms. The molecule has 0 bridgehead atoms. The second-order valence-electron chi connectivity index (χ2n) is 4.78. The Morgan fingerprint density at radius 2 is 1.52 bits per heavy atom. The van der Waals surface area contributed by atoms with Gasteiger partial charge in [-0.2, -0.15) is 0 Å². The Labute approximate surface area is 129 Å². The molecule has 0 radical (unpaired) electrons. The Balaban J connectivity index is 1.82. The number of rotatable bonds is 3. The van der Waals surface area contributed by atoms with Gasteiger partial charge in [0.25, 0.3) is 0 Å². The maximum atomic E-state index is 12.0. The minimum Gasteiger partial charge on any atom is -0.411 e. The monoisotopic (exact) mass is 307 g/mol. The first-order valence-electron chi connectivity index (χ1n) is 6.91. The van der Waals surface area contributed by atoms with Crippen molar-refractivity contribution in [2.45, 2.75) is 0 Å². The smallest absolute Gasteiger partial charge is 0.411 e. The largest absolute Gasteiger partial charge is 0.441 e. The Morgan fingerprint density at radius 1 is 0.870 bits per heavy atom. The molecular formula is C16H11N4O3+. The molecular weight excluding hydrogens is 296 g/mol. The molecule has 0 spiro atoms. The summed E-state index contributed by atoms with van der Waals surface area (Å²) in [5.41, 5.74) is 1.05. The average molecular weight is 307 g/mol. The van der Waals surface area contributed by atoms with Crippen LogP contribution in [0.15, 0.2) is 74.4 Å². The molecule has 0 aliphatic heterocycles. The van der Waals surface area contributed by atoms with Gasteiger partial charge in [0.2, 0.25) is 11.6 Å². The second kappa shape index (κ2) is 5.38. The topological polar surface area (TPSA) is 88.8 Å². The van der Waals surface area contributed by atoms with E-state index in [1.54, 1.807) is 0 Å². The highest BCUT2D eigenvalue weighted by Gasteiger charge is 2.30. The van der Waals surface area contributed by atoms with Gasteiger partial charge in [-0.1, -0.05) is 36.4 Å². The summed E-state index contributed by atoms with van der Waals surface area (Å²) in [5, 5.41) is 10.5. The fourth-order valence-electron chi connectivity index (χ4n) is 2.23. The van der Waals surface area contributed by atoms with Crippen molar-refractivity contribution >= 4 is 0 Å². The third-order valence-corrected chi connectivity index (χ3v) is 3.31. The first-order chi connectivity index (χ1) is 11.3. The molecule has 0 fully saturated rings. The number of para-hydroxylation sites is 1. The normalized spacial score (nSPS) is 10.8. The number of benzene rings is 2. The minimum absolute atomic E-state index is 0.0858. The predicted molar refractivity (Wildman–Crippen MR) is 79.6 cm³/mol. The molecule has 0 aliphatic rings. The summed E-state index contributed by atoms with van der Waals surface area (Å²) in [5.74, 6) is 0.420. The Morgan fingerprint density at radius 3 is 2.26 bits per heavy atom. The fourth-order valence-corrected chi connectivity index (χ4v) is 2.23. The van der Waals surface area contributed by atoms with Crippen molar-refractivity contribution in [2.75, 3.05) is 0 Å². The van der Waals surface area contributed by atoms with E-state index in [1.165, 1.54) is 4.68 Å². The van der Waals surface area contributed by atoms with Crippen LogP contribution in [0.2, 0.25) is 0 Å². The third kappa shape index (κ3) is 2.34. The SMILES string of the molecule is O=c1o[nH][n+](-c2ccccc2)c1-c1nnc(-c2ccccc2)o1. The van der Waals surface area contributed by atoms with Crippen molar-refractivity contribution in [2.24, 2.45) is 0 Å². The molecule has 4 rings (SSSR count). The Hall–Kier alpha value is -3.48. The molecule has 0 amide bonds. The Bertz CT molecular complexity index is 987. The molecule has 0 saturated carbocycles. The van der Waals surface area contributed by atoms with E-state index in [0.29, 0.717) is 11.6 Å². The first kappa shape index (κ1) is 13.2. The van der Waals surface area contributed by atoms with Crippen LogP contribution < -0.4 is 10.3 Å². The van der Waals surface area contributed by atoms with Crippen molar-refractivity contribution in [3.8, 4) is 28.7 Å². The molecule has 0 atom stereocenters. The molecule has 4 aromatic rings. The molecule has 1 N–H and O–H groups in total. The summed E-state index contributed by atoms with van der Waals surface area (Å²) in [6.07, 6.45) is 0. The van der Waals surface area contributed by atoms with Gasteiger partial charge in [-0.15, -0.1) is 10.2 Å². The van der Waals surface area contributed by atoms with Crippen LogP contribution >= 0.6 is 0 Å². The average Bonchev–Trinajstić information content (AvgIpc) is 3.23. The highest BCUT2D eigenvalue weighted by atomic mass is 16.5. The lowest BCUT2D eigenvalue weighted by atomic mass is 10.2. The van der Waals surface area contributed by atoms with Crippen LogP contribution in [0.3, 0.4) is 0 Å². The maximum absolute atomic E-state index is 12.0. The van der Waals surface area contributed by atoms with Gasteiger partial charge in [-0.25, -0.2) is 4.79 Å². The van der Waals surface area contributed by atoms with Crippen LogP contribution in [0, 0.1) is 0 Å². The van der Waals surface area contributed by atoms with Gasteiger partial charge < -0.3 is 4.42 Å². The molecule has 2 aromatic heterocycles. The summed E-state index contributed by atoms with van der Waals surface area (Å²) in [7, 11) is 0. The molecule has 2 aromatic carbocycles. The predicted octanol–water partition coefficient (Wildman–Crippen LogP) is 1.96. The minimum atomic E-state index is -0.586. The third-order valence-electron chi connectivity index (χ3n) is 3.31. The van der Waals surface area contributed by atoms with Crippen LogP contribution in [0.5, 0.6) is 0 Å². The lowest BCUT2D eigenvalue weighted by Gasteiger charge is -1.92. The molecule has 0 saturated heterocycles. The zero-order chi connectivity index (χ0) is 15.6.